The maximum atomic E-state index is 12.7. The molecule has 1 unspecified atom stereocenters. The molecule has 0 radical (unpaired) electrons. The minimum atomic E-state index is -0.247. The van der Waals surface area contributed by atoms with E-state index in [1.165, 1.54) is 5.56 Å². The molecule has 4 rings (SSSR count). The number of aliphatic imine (C=N–C) groups is 1. The van der Waals surface area contributed by atoms with Crippen molar-refractivity contribution in [1.82, 2.24) is 5.32 Å². The summed E-state index contributed by atoms with van der Waals surface area (Å²) in [4.78, 5) is 17.5. The molecule has 122 valence electrons. The van der Waals surface area contributed by atoms with E-state index in [4.69, 9.17) is 4.99 Å². The van der Waals surface area contributed by atoms with Crippen LogP contribution in [0.1, 0.15) is 29.2 Å². The van der Waals surface area contributed by atoms with Crippen LogP contribution in [0.4, 0.5) is 5.69 Å². The molecule has 2 aromatic rings. The highest BCUT2D eigenvalue weighted by Crippen LogP contribution is 2.40. The van der Waals surface area contributed by atoms with Gasteiger partial charge in [-0.15, -0.1) is 0 Å². The van der Waals surface area contributed by atoms with Crippen molar-refractivity contribution in [2.75, 3.05) is 0 Å². The van der Waals surface area contributed by atoms with Gasteiger partial charge in [-0.25, -0.2) is 4.99 Å². The fourth-order valence-electron chi connectivity index (χ4n) is 2.58. The molecule has 24 heavy (non-hydrogen) atoms. The minimum Gasteiger partial charge on any atom is -0.352 e. The predicted octanol–water partition coefficient (Wildman–Crippen LogP) is 4.67. The van der Waals surface area contributed by atoms with Gasteiger partial charge in [-0.1, -0.05) is 72.1 Å². The highest BCUT2D eigenvalue weighted by Gasteiger charge is 2.30. The second-order valence-electron chi connectivity index (χ2n) is 5.99. The summed E-state index contributed by atoms with van der Waals surface area (Å²) in [5.74, 6) is 1.00. The van der Waals surface area contributed by atoms with Crippen molar-refractivity contribution in [3.63, 3.8) is 0 Å². The van der Waals surface area contributed by atoms with E-state index in [0.717, 1.165) is 34.2 Å². The summed E-state index contributed by atoms with van der Waals surface area (Å²) in [6, 6.07) is 18.6. The number of nitrogens with one attached hydrogen (secondary N) is 1. The number of thioether (sulfide) groups is 2. The Morgan fingerprint density at radius 2 is 1.88 bits per heavy atom. The smallest absolute Gasteiger partial charge is 0.238 e. The molecule has 1 heterocycles. The molecule has 1 N–H and O–H groups in total. The van der Waals surface area contributed by atoms with Gasteiger partial charge in [0, 0.05) is 11.8 Å². The maximum absolute atomic E-state index is 12.7. The molecule has 1 fully saturated rings. The van der Waals surface area contributed by atoms with Crippen LogP contribution in [0, 0.1) is 0 Å². The van der Waals surface area contributed by atoms with Crippen molar-refractivity contribution in [2.24, 2.45) is 4.99 Å². The lowest BCUT2D eigenvalue weighted by Gasteiger charge is -2.20. The summed E-state index contributed by atoms with van der Waals surface area (Å²) in [6.45, 7) is 0. The van der Waals surface area contributed by atoms with Crippen molar-refractivity contribution < 1.29 is 4.79 Å². The number of carbonyl (C=O) groups excluding carboxylic acids is 1. The summed E-state index contributed by atoms with van der Waals surface area (Å²) in [5, 5.41) is 2.89. The van der Waals surface area contributed by atoms with Crippen molar-refractivity contribution in [3.8, 4) is 0 Å². The van der Waals surface area contributed by atoms with Crippen LogP contribution in [0.2, 0.25) is 0 Å². The molecule has 2 aromatic carbocycles. The quantitative estimate of drug-likeness (QED) is 0.867. The molecule has 1 amide bonds. The second-order valence-corrected chi connectivity index (χ2v) is 8.30. The molecule has 0 aromatic heterocycles. The number of para-hydroxylation sites is 1. The molecule has 1 aliphatic carbocycles. The normalized spacial score (nSPS) is 17.6. The predicted molar refractivity (Wildman–Crippen MR) is 103 cm³/mol. The average Bonchev–Trinajstić information content (AvgIpc) is 3.44. The Balaban J connectivity index is 1.58. The summed E-state index contributed by atoms with van der Waals surface area (Å²) in [7, 11) is 0. The Labute approximate surface area is 150 Å². The van der Waals surface area contributed by atoms with Crippen LogP contribution in [-0.2, 0) is 10.5 Å². The largest absolute Gasteiger partial charge is 0.352 e. The third-order valence-electron chi connectivity index (χ3n) is 4.04. The number of amides is 1. The molecule has 5 heteroatoms. The van der Waals surface area contributed by atoms with Crippen LogP contribution >= 0.6 is 23.5 Å². The first kappa shape index (κ1) is 15.8. The maximum Gasteiger partial charge on any atom is 0.238 e. The zero-order valence-corrected chi connectivity index (χ0v) is 14.8. The van der Waals surface area contributed by atoms with E-state index in [1.807, 2.05) is 48.5 Å². The molecule has 0 saturated heterocycles. The van der Waals surface area contributed by atoms with Crippen LogP contribution in [-0.4, -0.2) is 16.3 Å². The van der Waals surface area contributed by atoms with E-state index in [1.54, 1.807) is 23.5 Å². The lowest BCUT2D eigenvalue weighted by molar-refractivity contribution is -0.120. The molecule has 0 bridgehead atoms. The van der Waals surface area contributed by atoms with Gasteiger partial charge < -0.3 is 5.32 Å². The lowest BCUT2D eigenvalue weighted by atomic mass is 10.1. The molecular formula is C19H18N2OS2. The van der Waals surface area contributed by atoms with E-state index in [-0.39, 0.29) is 11.2 Å². The first-order valence-electron chi connectivity index (χ1n) is 8.11. The van der Waals surface area contributed by atoms with E-state index in [2.05, 4.69) is 11.4 Å². The van der Waals surface area contributed by atoms with Gasteiger partial charge in [0.2, 0.25) is 5.91 Å². The number of hydrogen-bond donors (Lipinski definition) is 1. The molecule has 3 nitrogen and oxygen atoms in total. The zero-order chi connectivity index (χ0) is 16.4. The van der Waals surface area contributed by atoms with E-state index >= 15 is 0 Å². The third-order valence-corrected chi connectivity index (χ3v) is 6.49. The van der Waals surface area contributed by atoms with Gasteiger partial charge in [-0.3, -0.25) is 4.79 Å². The summed E-state index contributed by atoms with van der Waals surface area (Å²) in [5.41, 5.74) is 3.31. The Kier molecular flexibility index (Phi) is 4.63. The van der Waals surface area contributed by atoms with Gasteiger partial charge in [-0.2, -0.15) is 0 Å². The van der Waals surface area contributed by atoms with E-state index in [9.17, 15) is 4.79 Å². The Morgan fingerprint density at radius 1 is 1.12 bits per heavy atom. The summed E-state index contributed by atoms with van der Waals surface area (Å²) in [6.07, 6.45) is 2.20. The van der Waals surface area contributed by atoms with Gasteiger partial charge >= 0.3 is 0 Å². The number of carbonyl (C=O) groups is 1. The van der Waals surface area contributed by atoms with Crippen molar-refractivity contribution in [1.29, 1.82) is 0 Å². The first-order valence-corrected chi connectivity index (χ1v) is 9.97. The SMILES string of the molecule is O=C(NC1CC1)C(SC1=Nc2ccccc2CS1)c1ccccc1. The number of rotatable bonds is 4. The molecule has 2 aliphatic rings. The molecule has 1 saturated carbocycles. The second kappa shape index (κ2) is 7.03. The van der Waals surface area contributed by atoms with Gasteiger partial charge in [0.15, 0.2) is 0 Å². The van der Waals surface area contributed by atoms with Gasteiger partial charge in [-0.05, 0) is 30.0 Å². The molecular weight excluding hydrogens is 336 g/mol. The first-order chi connectivity index (χ1) is 11.8. The highest BCUT2D eigenvalue weighted by molar-refractivity contribution is 8.38. The topological polar surface area (TPSA) is 41.5 Å². The third kappa shape index (κ3) is 3.68. The summed E-state index contributed by atoms with van der Waals surface area (Å²) >= 11 is 3.27. The van der Waals surface area contributed by atoms with Crippen molar-refractivity contribution in [3.05, 3.63) is 65.7 Å². The molecule has 1 atom stereocenters. The monoisotopic (exact) mass is 354 g/mol. The molecule has 0 spiro atoms. The van der Waals surface area contributed by atoms with Crippen LogP contribution < -0.4 is 5.32 Å². The Bertz CT molecular complexity index is 772. The summed E-state index contributed by atoms with van der Waals surface area (Å²) < 4.78 is 0.966. The van der Waals surface area contributed by atoms with E-state index in [0.29, 0.717) is 6.04 Å². The van der Waals surface area contributed by atoms with Gasteiger partial charge in [0.25, 0.3) is 0 Å². The number of nitrogens with zero attached hydrogens (tertiary/aromatic N) is 1. The fourth-order valence-corrected chi connectivity index (χ4v) is 4.82. The number of hydrogen-bond acceptors (Lipinski definition) is 4. The van der Waals surface area contributed by atoms with Gasteiger partial charge in [0.1, 0.15) is 9.63 Å². The zero-order valence-electron chi connectivity index (χ0n) is 13.1. The van der Waals surface area contributed by atoms with Crippen molar-refractivity contribution in [2.45, 2.75) is 29.9 Å². The fraction of sp³-hybridized carbons (Fsp3) is 0.263. The Hall–Kier alpha value is -1.72. The molecule has 1 aliphatic heterocycles. The average molecular weight is 355 g/mol. The van der Waals surface area contributed by atoms with E-state index < -0.39 is 0 Å². The highest BCUT2D eigenvalue weighted by atomic mass is 32.2. The standard InChI is InChI=1S/C19H18N2OS2/c22-18(20-15-10-11-15)17(13-6-2-1-3-7-13)24-19-21-16-9-5-4-8-14(16)12-23-19/h1-9,15,17H,10-12H2,(H,20,22). The van der Waals surface area contributed by atoms with Crippen molar-refractivity contribution >= 4 is 39.5 Å². The van der Waals surface area contributed by atoms with Crippen LogP contribution in [0.15, 0.2) is 59.6 Å². The number of benzene rings is 2. The Morgan fingerprint density at radius 3 is 2.67 bits per heavy atom. The van der Waals surface area contributed by atoms with Crippen LogP contribution in [0.3, 0.4) is 0 Å². The minimum absolute atomic E-state index is 0.0934. The van der Waals surface area contributed by atoms with Crippen LogP contribution in [0.5, 0.6) is 0 Å². The van der Waals surface area contributed by atoms with Gasteiger partial charge in [0.05, 0.1) is 5.69 Å². The van der Waals surface area contributed by atoms with Crippen LogP contribution in [0.25, 0.3) is 0 Å². The lowest BCUT2D eigenvalue weighted by Crippen LogP contribution is -2.30. The number of fused-ring (bicyclic) bond motifs is 1.